The number of carbonyl (C=O) groups excluding carboxylic acids is 2. The minimum Gasteiger partial charge on any atom is -0.349 e. The summed E-state index contributed by atoms with van der Waals surface area (Å²) in [7, 11) is 0. The molecule has 1 aliphatic rings. The highest BCUT2D eigenvalue weighted by molar-refractivity contribution is 5.80. The van der Waals surface area contributed by atoms with Crippen LogP contribution < -0.4 is 5.32 Å². The molecular weight excluding hydrogens is 276 g/mol. The molecule has 1 fully saturated rings. The molecular formula is C18H26N2O2. The van der Waals surface area contributed by atoms with Gasteiger partial charge in [-0.2, -0.15) is 0 Å². The Morgan fingerprint density at radius 2 is 1.82 bits per heavy atom. The van der Waals surface area contributed by atoms with Crippen LogP contribution in [0, 0.1) is 19.8 Å². The molecule has 22 heavy (non-hydrogen) atoms. The van der Waals surface area contributed by atoms with Gasteiger partial charge in [0.2, 0.25) is 11.8 Å². The molecule has 0 aliphatic carbocycles. The standard InChI is InChI=1S/C18H26N2O2/c1-12-5-6-17(11-13(12)2)14(3)19-18(22)16-7-9-20(10-8-16)15(4)21/h5-6,11,14,16H,7-10H2,1-4H3,(H,19,22)/t14-/m0/s1. The molecule has 1 aliphatic heterocycles. The summed E-state index contributed by atoms with van der Waals surface area (Å²) in [6.07, 6.45) is 1.51. The highest BCUT2D eigenvalue weighted by Gasteiger charge is 2.26. The molecule has 120 valence electrons. The summed E-state index contributed by atoms with van der Waals surface area (Å²) in [5.74, 6) is 0.223. The van der Waals surface area contributed by atoms with Crippen LogP contribution in [0.2, 0.25) is 0 Å². The summed E-state index contributed by atoms with van der Waals surface area (Å²) in [6.45, 7) is 9.15. The SMILES string of the molecule is CC(=O)N1CCC(C(=O)N[C@@H](C)c2ccc(C)c(C)c2)CC1. The zero-order chi connectivity index (χ0) is 16.3. The van der Waals surface area contributed by atoms with Crippen molar-refractivity contribution in [3.8, 4) is 0 Å². The van der Waals surface area contributed by atoms with Crippen molar-refractivity contribution in [2.75, 3.05) is 13.1 Å². The van der Waals surface area contributed by atoms with Gasteiger partial charge in [0, 0.05) is 25.9 Å². The van der Waals surface area contributed by atoms with Gasteiger partial charge in [-0.25, -0.2) is 0 Å². The molecule has 1 heterocycles. The minimum absolute atomic E-state index is 0.0117. The second-order valence-electron chi connectivity index (χ2n) is 6.35. The van der Waals surface area contributed by atoms with E-state index in [1.807, 2.05) is 11.8 Å². The third-order valence-corrected chi connectivity index (χ3v) is 4.70. The molecule has 4 heteroatoms. The van der Waals surface area contributed by atoms with E-state index in [0.29, 0.717) is 13.1 Å². The average molecular weight is 302 g/mol. The van der Waals surface area contributed by atoms with Crippen LogP contribution in [-0.2, 0) is 9.59 Å². The predicted molar refractivity (Wildman–Crippen MR) is 87.5 cm³/mol. The Morgan fingerprint density at radius 3 is 2.36 bits per heavy atom. The van der Waals surface area contributed by atoms with Gasteiger partial charge in [0.1, 0.15) is 0 Å². The van der Waals surface area contributed by atoms with Gasteiger partial charge in [-0.1, -0.05) is 18.2 Å². The quantitative estimate of drug-likeness (QED) is 0.933. The third-order valence-electron chi connectivity index (χ3n) is 4.70. The molecule has 2 rings (SSSR count). The number of hydrogen-bond donors (Lipinski definition) is 1. The fraction of sp³-hybridized carbons (Fsp3) is 0.556. The number of nitrogens with zero attached hydrogens (tertiary/aromatic N) is 1. The fourth-order valence-electron chi connectivity index (χ4n) is 2.91. The van der Waals surface area contributed by atoms with E-state index in [2.05, 4.69) is 37.4 Å². The molecule has 0 aromatic heterocycles. The van der Waals surface area contributed by atoms with E-state index in [1.54, 1.807) is 6.92 Å². The molecule has 2 amide bonds. The van der Waals surface area contributed by atoms with Crippen LogP contribution in [0.4, 0.5) is 0 Å². The van der Waals surface area contributed by atoms with Crippen molar-refractivity contribution in [2.24, 2.45) is 5.92 Å². The van der Waals surface area contributed by atoms with Crippen LogP contribution in [0.5, 0.6) is 0 Å². The summed E-state index contributed by atoms with van der Waals surface area (Å²) >= 11 is 0. The molecule has 4 nitrogen and oxygen atoms in total. The third kappa shape index (κ3) is 3.87. The largest absolute Gasteiger partial charge is 0.349 e. The van der Waals surface area contributed by atoms with Crippen molar-refractivity contribution in [1.29, 1.82) is 0 Å². The maximum atomic E-state index is 12.4. The average Bonchev–Trinajstić information content (AvgIpc) is 2.50. The lowest BCUT2D eigenvalue weighted by atomic mass is 9.95. The number of hydrogen-bond acceptors (Lipinski definition) is 2. The Morgan fingerprint density at radius 1 is 1.18 bits per heavy atom. The second kappa shape index (κ2) is 6.95. The topological polar surface area (TPSA) is 49.4 Å². The maximum absolute atomic E-state index is 12.4. The van der Waals surface area contributed by atoms with Crippen molar-refractivity contribution in [3.63, 3.8) is 0 Å². The lowest BCUT2D eigenvalue weighted by Gasteiger charge is -2.31. The highest BCUT2D eigenvalue weighted by Crippen LogP contribution is 2.21. The molecule has 0 saturated carbocycles. The van der Waals surface area contributed by atoms with E-state index in [4.69, 9.17) is 0 Å². The normalized spacial score (nSPS) is 17.2. The first-order valence-electron chi connectivity index (χ1n) is 8.01. The number of amides is 2. The van der Waals surface area contributed by atoms with Crippen molar-refractivity contribution < 1.29 is 9.59 Å². The molecule has 1 aromatic rings. The number of benzene rings is 1. The smallest absolute Gasteiger partial charge is 0.223 e. The molecule has 1 aromatic carbocycles. The molecule has 1 N–H and O–H groups in total. The number of carbonyl (C=O) groups is 2. The zero-order valence-electron chi connectivity index (χ0n) is 14.0. The van der Waals surface area contributed by atoms with Gasteiger partial charge in [0.05, 0.1) is 6.04 Å². The van der Waals surface area contributed by atoms with E-state index in [-0.39, 0.29) is 23.8 Å². The first-order chi connectivity index (χ1) is 10.4. The fourth-order valence-corrected chi connectivity index (χ4v) is 2.91. The number of rotatable bonds is 3. The molecule has 1 saturated heterocycles. The number of piperidine rings is 1. The van der Waals surface area contributed by atoms with E-state index in [9.17, 15) is 9.59 Å². The van der Waals surface area contributed by atoms with Crippen LogP contribution in [0.1, 0.15) is 49.4 Å². The molecule has 0 bridgehead atoms. The van der Waals surface area contributed by atoms with Crippen LogP contribution in [-0.4, -0.2) is 29.8 Å². The minimum atomic E-state index is 0.0117. The van der Waals surface area contributed by atoms with Crippen molar-refractivity contribution in [3.05, 3.63) is 34.9 Å². The molecule has 0 radical (unpaired) electrons. The Balaban J connectivity index is 1.91. The molecule has 0 unspecified atom stereocenters. The van der Waals surface area contributed by atoms with Gasteiger partial charge in [-0.05, 0) is 50.3 Å². The second-order valence-corrected chi connectivity index (χ2v) is 6.35. The van der Waals surface area contributed by atoms with Crippen molar-refractivity contribution in [1.82, 2.24) is 10.2 Å². The Bertz CT molecular complexity index is 560. The van der Waals surface area contributed by atoms with E-state index in [0.717, 1.165) is 18.4 Å². The highest BCUT2D eigenvalue weighted by atomic mass is 16.2. The van der Waals surface area contributed by atoms with Crippen molar-refractivity contribution >= 4 is 11.8 Å². The lowest BCUT2D eigenvalue weighted by molar-refractivity contribution is -0.134. The number of nitrogens with one attached hydrogen (secondary N) is 1. The van der Waals surface area contributed by atoms with Gasteiger partial charge < -0.3 is 10.2 Å². The monoisotopic (exact) mass is 302 g/mol. The van der Waals surface area contributed by atoms with E-state index >= 15 is 0 Å². The predicted octanol–water partition coefficient (Wildman–Crippen LogP) is 2.74. The first-order valence-corrected chi connectivity index (χ1v) is 8.01. The Hall–Kier alpha value is -1.84. The summed E-state index contributed by atoms with van der Waals surface area (Å²) in [6, 6.07) is 6.32. The summed E-state index contributed by atoms with van der Waals surface area (Å²) in [5, 5.41) is 3.11. The van der Waals surface area contributed by atoms with Crippen LogP contribution in [0.15, 0.2) is 18.2 Å². The van der Waals surface area contributed by atoms with Gasteiger partial charge in [-0.15, -0.1) is 0 Å². The summed E-state index contributed by atoms with van der Waals surface area (Å²) < 4.78 is 0. The Labute approximate surface area is 132 Å². The van der Waals surface area contributed by atoms with E-state index < -0.39 is 0 Å². The van der Waals surface area contributed by atoms with Crippen LogP contribution in [0.25, 0.3) is 0 Å². The number of aryl methyl sites for hydroxylation is 2. The van der Waals surface area contributed by atoms with Crippen molar-refractivity contribution in [2.45, 2.75) is 46.6 Å². The van der Waals surface area contributed by atoms with Gasteiger partial charge in [0.15, 0.2) is 0 Å². The molecule has 0 spiro atoms. The maximum Gasteiger partial charge on any atom is 0.223 e. The van der Waals surface area contributed by atoms with E-state index in [1.165, 1.54) is 11.1 Å². The molecule has 1 atom stereocenters. The summed E-state index contributed by atoms with van der Waals surface area (Å²) in [4.78, 5) is 25.5. The lowest BCUT2D eigenvalue weighted by Crippen LogP contribution is -2.42. The summed E-state index contributed by atoms with van der Waals surface area (Å²) in [5.41, 5.74) is 3.64. The van der Waals surface area contributed by atoms with Gasteiger partial charge in [0.25, 0.3) is 0 Å². The van der Waals surface area contributed by atoms with Gasteiger partial charge >= 0.3 is 0 Å². The Kier molecular flexibility index (Phi) is 5.22. The first kappa shape index (κ1) is 16.5. The number of likely N-dealkylation sites (tertiary alicyclic amines) is 1. The van der Waals surface area contributed by atoms with Crippen LogP contribution in [0.3, 0.4) is 0 Å². The van der Waals surface area contributed by atoms with Gasteiger partial charge in [-0.3, -0.25) is 9.59 Å². The van der Waals surface area contributed by atoms with Crippen LogP contribution >= 0.6 is 0 Å². The zero-order valence-corrected chi connectivity index (χ0v) is 14.0.